The monoisotopic (exact) mass is 538 g/mol. The molecule has 0 aliphatic rings. The molecule has 0 atom stereocenters. The van der Waals surface area contributed by atoms with Crippen molar-refractivity contribution in [3.8, 4) is 5.69 Å². The molecule has 1 aromatic heterocycles. The maximum absolute atomic E-state index is 2.56. The van der Waals surface area contributed by atoms with Gasteiger partial charge in [0.2, 0.25) is 0 Å². The van der Waals surface area contributed by atoms with Gasteiger partial charge in [0.05, 0.1) is 6.54 Å². The Kier molecular flexibility index (Phi) is 20.9. The Labute approximate surface area is 244 Å². The summed E-state index contributed by atoms with van der Waals surface area (Å²) < 4.78 is 5.00. The van der Waals surface area contributed by atoms with Crippen LogP contribution in [-0.2, 0) is 13.0 Å². The molecule has 222 valence electrons. The van der Waals surface area contributed by atoms with Gasteiger partial charge >= 0.3 is 0 Å². The summed E-state index contributed by atoms with van der Waals surface area (Å²) in [6.07, 6.45) is 39.8. The van der Waals surface area contributed by atoms with Crippen LogP contribution in [0, 0.1) is 0 Å². The third-order valence-corrected chi connectivity index (χ3v) is 8.55. The topological polar surface area (TPSA) is 8.81 Å². The highest BCUT2D eigenvalue weighted by atomic mass is 15.1. The predicted octanol–water partition coefficient (Wildman–Crippen LogP) is 11.7. The minimum absolute atomic E-state index is 1.17. The molecule has 0 spiro atoms. The van der Waals surface area contributed by atoms with E-state index in [1.165, 1.54) is 179 Å². The summed E-state index contributed by atoms with van der Waals surface area (Å²) in [7, 11) is 0. The molecule has 0 unspecified atom stereocenters. The van der Waals surface area contributed by atoms with E-state index in [9.17, 15) is 0 Å². The van der Waals surface area contributed by atoms with E-state index in [1.807, 2.05) is 0 Å². The minimum atomic E-state index is 1.17. The fourth-order valence-electron chi connectivity index (χ4n) is 6.00. The highest BCUT2D eigenvalue weighted by Crippen LogP contribution is 2.16. The van der Waals surface area contributed by atoms with Gasteiger partial charge in [0.25, 0.3) is 5.82 Å². The Morgan fingerprint density at radius 3 is 1.36 bits per heavy atom. The van der Waals surface area contributed by atoms with Crippen molar-refractivity contribution in [1.29, 1.82) is 0 Å². The second-order valence-corrected chi connectivity index (χ2v) is 12.1. The Hall–Kier alpha value is -1.57. The molecule has 1 aromatic carbocycles. The Morgan fingerprint density at radius 2 is 0.897 bits per heavy atom. The van der Waals surface area contributed by atoms with Gasteiger partial charge in [0.1, 0.15) is 18.1 Å². The smallest absolute Gasteiger partial charge is 0.234 e. The molecule has 0 bridgehead atoms. The van der Waals surface area contributed by atoms with Crippen molar-refractivity contribution in [2.24, 2.45) is 0 Å². The first-order valence-electron chi connectivity index (χ1n) is 17.5. The van der Waals surface area contributed by atoms with Crippen molar-refractivity contribution in [3.63, 3.8) is 0 Å². The number of nitrogens with zero attached hydrogens (tertiary/aromatic N) is 2. The van der Waals surface area contributed by atoms with E-state index in [4.69, 9.17) is 0 Å². The largest absolute Gasteiger partial charge is 0.261 e. The molecular weight excluding hydrogens is 472 g/mol. The molecule has 0 saturated heterocycles. The predicted molar refractivity (Wildman–Crippen MR) is 172 cm³/mol. The lowest BCUT2D eigenvalue weighted by Crippen LogP contribution is -2.37. The first-order chi connectivity index (χ1) is 19.4. The summed E-state index contributed by atoms with van der Waals surface area (Å²) >= 11 is 0. The molecule has 0 aliphatic carbocycles. The summed E-state index contributed by atoms with van der Waals surface area (Å²) in [6.45, 7) is 5.78. The van der Waals surface area contributed by atoms with Gasteiger partial charge in [-0.05, 0) is 31.4 Å². The summed E-state index contributed by atoms with van der Waals surface area (Å²) in [5, 5.41) is 0. The zero-order valence-corrected chi connectivity index (χ0v) is 26.3. The fourth-order valence-corrected chi connectivity index (χ4v) is 6.00. The van der Waals surface area contributed by atoms with E-state index in [2.05, 4.69) is 65.7 Å². The summed E-state index contributed by atoms with van der Waals surface area (Å²) in [6, 6.07) is 10.9. The number of para-hydroxylation sites is 1. The molecule has 2 aromatic rings. The first-order valence-corrected chi connectivity index (χ1v) is 17.5. The van der Waals surface area contributed by atoms with Crippen LogP contribution in [-0.4, -0.2) is 4.57 Å². The van der Waals surface area contributed by atoms with Crippen LogP contribution >= 0.6 is 0 Å². The van der Waals surface area contributed by atoms with Crippen molar-refractivity contribution in [2.45, 2.75) is 181 Å². The molecule has 0 amide bonds. The Balaban J connectivity index is 1.61. The van der Waals surface area contributed by atoms with Crippen molar-refractivity contribution in [3.05, 3.63) is 48.5 Å². The standard InChI is InChI=1S/C37H65N2/c1-3-5-7-9-11-13-15-16-17-18-20-22-24-29-33-38-34-35-39(36-30-26-25-27-31-36)37(38)32-28-23-21-19-14-12-10-8-6-4-2/h25-27,30-31,34-35H,3-24,28-29,32-33H2,1-2H3/q+1. The lowest BCUT2D eigenvalue weighted by atomic mass is 10.0. The van der Waals surface area contributed by atoms with E-state index in [1.54, 1.807) is 0 Å². The van der Waals surface area contributed by atoms with Crippen LogP contribution in [0.2, 0.25) is 0 Å². The number of benzene rings is 1. The number of aryl methyl sites for hydroxylation is 1. The normalized spacial score (nSPS) is 11.4. The Morgan fingerprint density at radius 1 is 0.487 bits per heavy atom. The van der Waals surface area contributed by atoms with Crippen LogP contribution in [0.1, 0.15) is 174 Å². The summed E-state index contributed by atoms with van der Waals surface area (Å²) in [4.78, 5) is 0. The van der Waals surface area contributed by atoms with Crippen LogP contribution in [0.15, 0.2) is 42.7 Å². The van der Waals surface area contributed by atoms with Gasteiger partial charge in [-0.2, -0.15) is 4.57 Å². The van der Waals surface area contributed by atoms with Gasteiger partial charge in [0.15, 0.2) is 0 Å². The van der Waals surface area contributed by atoms with Crippen molar-refractivity contribution < 1.29 is 4.57 Å². The Bertz CT molecular complexity index is 778. The van der Waals surface area contributed by atoms with Crippen LogP contribution in [0.25, 0.3) is 5.69 Å². The van der Waals surface area contributed by atoms with Gasteiger partial charge in [-0.15, -0.1) is 0 Å². The third-order valence-electron chi connectivity index (χ3n) is 8.55. The molecule has 0 fully saturated rings. The zero-order valence-electron chi connectivity index (χ0n) is 26.3. The number of rotatable bonds is 27. The van der Waals surface area contributed by atoms with E-state index in [0.29, 0.717) is 0 Å². The van der Waals surface area contributed by atoms with Crippen LogP contribution < -0.4 is 4.57 Å². The summed E-state index contributed by atoms with van der Waals surface area (Å²) in [5.41, 5.74) is 1.30. The average Bonchev–Trinajstić information content (AvgIpc) is 3.37. The second kappa shape index (κ2) is 24.2. The maximum Gasteiger partial charge on any atom is 0.261 e. The van der Waals surface area contributed by atoms with Crippen LogP contribution in [0.4, 0.5) is 0 Å². The van der Waals surface area contributed by atoms with E-state index < -0.39 is 0 Å². The molecule has 39 heavy (non-hydrogen) atoms. The lowest BCUT2D eigenvalue weighted by molar-refractivity contribution is -0.704. The molecule has 0 radical (unpaired) electrons. The lowest BCUT2D eigenvalue weighted by Gasteiger charge is -2.07. The maximum atomic E-state index is 2.56. The molecule has 0 N–H and O–H groups in total. The van der Waals surface area contributed by atoms with Crippen molar-refractivity contribution in [1.82, 2.24) is 4.57 Å². The molecule has 2 heteroatoms. The molecular formula is C37H65N2+. The average molecular weight is 538 g/mol. The zero-order chi connectivity index (χ0) is 27.6. The summed E-state index contributed by atoms with van der Waals surface area (Å²) in [5.74, 6) is 1.50. The van der Waals surface area contributed by atoms with Gasteiger partial charge in [-0.3, -0.25) is 0 Å². The molecule has 1 heterocycles. The van der Waals surface area contributed by atoms with Crippen LogP contribution in [0.5, 0.6) is 0 Å². The van der Waals surface area contributed by atoms with Gasteiger partial charge in [-0.25, -0.2) is 4.57 Å². The first kappa shape index (κ1) is 33.6. The van der Waals surface area contributed by atoms with Gasteiger partial charge in [0, 0.05) is 6.42 Å². The SMILES string of the molecule is CCCCCCCCCCCCCCCC[n+]1ccn(-c2ccccc2)c1CCCCCCCCCCCC. The highest BCUT2D eigenvalue weighted by Gasteiger charge is 2.18. The van der Waals surface area contributed by atoms with E-state index in [0.717, 1.165) is 0 Å². The highest BCUT2D eigenvalue weighted by molar-refractivity contribution is 5.31. The van der Waals surface area contributed by atoms with Crippen molar-refractivity contribution in [2.75, 3.05) is 0 Å². The van der Waals surface area contributed by atoms with E-state index in [-0.39, 0.29) is 0 Å². The van der Waals surface area contributed by atoms with E-state index >= 15 is 0 Å². The number of imidazole rings is 1. The van der Waals surface area contributed by atoms with Gasteiger partial charge in [-0.1, -0.05) is 167 Å². The van der Waals surface area contributed by atoms with Crippen molar-refractivity contribution >= 4 is 0 Å². The molecule has 0 saturated carbocycles. The number of hydrogen-bond acceptors (Lipinski definition) is 0. The third kappa shape index (κ3) is 16.3. The van der Waals surface area contributed by atoms with Crippen LogP contribution in [0.3, 0.4) is 0 Å². The number of hydrogen-bond donors (Lipinski definition) is 0. The number of unbranched alkanes of at least 4 members (excludes halogenated alkanes) is 22. The second-order valence-electron chi connectivity index (χ2n) is 12.1. The molecule has 2 nitrogen and oxygen atoms in total. The molecule has 2 rings (SSSR count). The quantitative estimate of drug-likeness (QED) is 0.0791. The fraction of sp³-hybridized carbons (Fsp3) is 0.757. The van der Waals surface area contributed by atoms with Gasteiger partial charge < -0.3 is 0 Å². The molecule has 0 aliphatic heterocycles. The number of aromatic nitrogens is 2. The minimum Gasteiger partial charge on any atom is -0.234 e.